The molecule has 0 radical (unpaired) electrons. The summed E-state index contributed by atoms with van der Waals surface area (Å²) in [6.07, 6.45) is 3.42. The van der Waals surface area contributed by atoms with Crippen molar-refractivity contribution >= 4 is 51.7 Å². The van der Waals surface area contributed by atoms with Crippen molar-refractivity contribution in [2.75, 3.05) is 23.8 Å². The molecule has 32 heavy (non-hydrogen) atoms. The lowest BCUT2D eigenvalue weighted by Crippen LogP contribution is -2.07. The van der Waals surface area contributed by atoms with Crippen LogP contribution in [0.1, 0.15) is 12.5 Å². The molecule has 0 saturated carbocycles. The van der Waals surface area contributed by atoms with Gasteiger partial charge in [-0.3, -0.25) is 9.78 Å². The highest BCUT2D eigenvalue weighted by molar-refractivity contribution is 6.32. The van der Waals surface area contributed by atoms with Crippen molar-refractivity contribution in [2.45, 2.75) is 6.92 Å². The van der Waals surface area contributed by atoms with Gasteiger partial charge in [0.1, 0.15) is 24.2 Å². The third-order valence-electron chi connectivity index (χ3n) is 4.43. The maximum absolute atomic E-state index is 11.1. The fourth-order valence-electron chi connectivity index (χ4n) is 2.94. The number of benzene rings is 2. The number of amides is 1. The van der Waals surface area contributed by atoms with Crippen molar-refractivity contribution in [1.29, 1.82) is 10.7 Å². The molecule has 0 bridgehead atoms. The molecule has 3 N–H and O–H groups in total. The Morgan fingerprint density at radius 1 is 1.31 bits per heavy atom. The monoisotopic (exact) mass is 449 g/mol. The third-order valence-corrected chi connectivity index (χ3v) is 4.73. The number of carbonyl (C=O) groups excluding carboxylic acids is 1. The molecule has 9 heteroatoms. The molecule has 1 heterocycles. The summed E-state index contributed by atoms with van der Waals surface area (Å²) >= 11 is 6.33. The molecule has 0 spiro atoms. The van der Waals surface area contributed by atoms with Crippen LogP contribution in [0.2, 0.25) is 5.02 Å². The Bertz CT molecular complexity index is 1240. The van der Waals surface area contributed by atoms with Crippen molar-refractivity contribution in [3.63, 3.8) is 0 Å². The Hall–Kier alpha value is -4.09. The molecular weight excluding hydrogens is 430 g/mol. The van der Waals surface area contributed by atoms with Crippen LogP contribution in [0.15, 0.2) is 49.2 Å². The topological polar surface area (TPSA) is 120 Å². The quantitative estimate of drug-likeness (QED) is 0.294. The van der Waals surface area contributed by atoms with Crippen molar-refractivity contribution in [1.82, 2.24) is 4.98 Å². The van der Waals surface area contributed by atoms with Gasteiger partial charge in [-0.15, -0.1) is 0 Å². The van der Waals surface area contributed by atoms with Gasteiger partial charge in [-0.1, -0.05) is 18.2 Å². The van der Waals surface area contributed by atoms with Crippen LogP contribution in [0, 0.1) is 16.7 Å². The second-order valence-corrected chi connectivity index (χ2v) is 6.91. The molecule has 0 aliphatic rings. The van der Waals surface area contributed by atoms with E-state index in [2.05, 4.69) is 28.3 Å². The molecule has 3 aromatic rings. The predicted octanol–water partition coefficient (Wildman–Crippen LogP) is 5.06. The van der Waals surface area contributed by atoms with Crippen molar-refractivity contribution in [2.24, 2.45) is 0 Å². The van der Waals surface area contributed by atoms with Crippen LogP contribution in [-0.4, -0.2) is 30.3 Å². The number of carbonyl (C=O) groups is 1. The predicted molar refractivity (Wildman–Crippen MR) is 125 cm³/mol. The maximum atomic E-state index is 11.1. The van der Waals surface area contributed by atoms with E-state index in [1.54, 1.807) is 30.3 Å². The van der Waals surface area contributed by atoms with E-state index in [0.29, 0.717) is 63.1 Å². The molecule has 0 unspecified atom stereocenters. The van der Waals surface area contributed by atoms with Crippen LogP contribution in [-0.2, 0) is 4.79 Å². The summed E-state index contributed by atoms with van der Waals surface area (Å²) in [5, 5.41) is 24.0. The summed E-state index contributed by atoms with van der Waals surface area (Å²) in [5.74, 6) is 0.896. The highest BCUT2D eigenvalue weighted by Gasteiger charge is 2.15. The van der Waals surface area contributed by atoms with Crippen LogP contribution in [0.5, 0.6) is 11.5 Å². The summed E-state index contributed by atoms with van der Waals surface area (Å²) in [4.78, 5) is 15.4. The first-order chi connectivity index (χ1) is 15.5. The highest BCUT2D eigenvalue weighted by Crippen LogP contribution is 2.37. The second kappa shape index (κ2) is 10.3. The van der Waals surface area contributed by atoms with E-state index in [0.717, 1.165) is 0 Å². The number of halogens is 1. The molecule has 8 nitrogen and oxygen atoms in total. The smallest absolute Gasteiger partial charge is 0.211 e. The average Bonchev–Trinajstić information content (AvgIpc) is 2.79. The summed E-state index contributed by atoms with van der Waals surface area (Å²) in [5.41, 5.74) is 2.71. The Labute approximate surface area is 189 Å². The van der Waals surface area contributed by atoms with Crippen molar-refractivity contribution in [3.05, 3.63) is 59.8 Å². The first kappa shape index (κ1) is 22.6. The molecule has 0 fully saturated rings. The number of ether oxygens (including phenoxy) is 2. The summed E-state index contributed by atoms with van der Waals surface area (Å²) in [7, 11) is 0. The lowest BCUT2D eigenvalue weighted by Gasteiger charge is -2.16. The highest BCUT2D eigenvalue weighted by atomic mass is 35.5. The first-order valence-corrected chi connectivity index (χ1v) is 9.97. The second-order valence-electron chi connectivity index (χ2n) is 6.51. The molecule has 162 valence electrons. The lowest BCUT2D eigenvalue weighted by molar-refractivity contribution is -0.105. The van der Waals surface area contributed by atoms with Crippen LogP contribution >= 0.6 is 11.6 Å². The molecule has 0 saturated heterocycles. The van der Waals surface area contributed by atoms with E-state index in [1.807, 2.05) is 6.92 Å². The normalized spacial score (nSPS) is 10.2. The van der Waals surface area contributed by atoms with E-state index in [-0.39, 0.29) is 12.3 Å². The number of hydrogen-bond donors (Lipinski definition) is 3. The minimum atomic E-state index is 0.0538. The molecule has 2 aromatic carbocycles. The van der Waals surface area contributed by atoms with Gasteiger partial charge < -0.3 is 25.5 Å². The summed E-state index contributed by atoms with van der Waals surface area (Å²) in [6.45, 7) is 5.83. The number of fused-ring (bicyclic) bond motifs is 1. The van der Waals surface area contributed by atoms with Crippen LogP contribution in [0.3, 0.4) is 0 Å². The fraction of sp³-hybridized carbons (Fsp3) is 0.130. The molecule has 3 rings (SSSR count). The van der Waals surface area contributed by atoms with Gasteiger partial charge in [-0.05, 0) is 37.3 Å². The van der Waals surface area contributed by atoms with E-state index < -0.39 is 0 Å². The zero-order valence-electron chi connectivity index (χ0n) is 17.2. The van der Waals surface area contributed by atoms with E-state index in [9.17, 15) is 10.1 Å². The van der Waals surface area contributed by atoms with Crippen LogP contribution < -0.4 is 20.1 Å². The third kappa shape index (κ3) is 4.96. The van der Waals surface area contributed by atoms with Crippen LogP contribution in [0.25, 0.3) is 10.9 Å². The van der Waals surface area contributed by atoms with Gasteiger partial charge in [0.25, 0.3) is 0 Å². The van der Waals surface area contributed by atoms with Crippen LogP contribution in [0.4, 0.5) is 17.1 Å². The van der Waals surface area contributed by atoms with Gasteiger partial charge in [-0.2, -0.15) is 5.26 Å². The SMILES string of the molecule is C=CC(=N)COc1ccc(Nc2c(C#N)cnc3cc(OCC)c(NC=O)cc23)cc1Cl. The number of aromatic nitrogens is 1. The van der Waals surface area contributed by atoms with Gasteiger partial charge >= 0.3 is 0 Å². The Balaban J connectivity index is 2.02. The zero-order valence-corrected chi connectivity index (χ0v) is 18.0. The standard InChI is InChI=1S/C23H20ClN5O3/c1-3-15(26)12-32-21-6-5-16(7-18(21)24)29-23-14(10-25)11-27-19-9-22(31-4-2)20(28-13-30)8-17(19)23/h3,5-9,11,13,26H,1,4,12H2,2H3,(H,27,29)(H,28,30). The number of rotatable bonds is 10. The van der Waals surface area contributed by atoms with Gasteiger partial charge in [0, 0.05) is 23.3 Å². The molecule has 0 aliphatic carbocycles. The molecule has 1 aromatic heterocycles. The average molecular weight is 450 g/mol. The lowest BCUT2D eigenvalue weighted by atomic mass is 10.1. The van der Waals surface area contributed by atoms with Gasteiger partial charge in [-0.25, -0.2) is 0 Å². The summed E-state index contributed by atoms with van der Waals surface area (Å²) in [6, 6.07) is 10.6. The van der Waals surface area contributed by atoms with Gasteiger partial charge in [0.2, 0.25) is 6.41 Å². The Morgan fingerprint density at radius 3 is 2.78 bits per heavy atom. The minimum Gasteiger partial charge on any atom is -0.492 e. The van der Waals surface area contributed by atoms with E-state index in [1.165, 1.54) is 12.3 Å². The van der Waals surface area contributed by atoms with Crippen molar-refractivity contribution in [3.8, 4) is 17.6 Å². The number of nitrogens with zero attached hydrogens (tertiary/aromatic N) is 2. The Morgan fingerprint density at radius 2 is 2.12 bits per heavy atom. The fourth-order valence-corrected chi connectivity index (χ4v) is 3.18. The van der Waals surface area contributed by atoms with Gasteiger partial charge in [0.05, 0.1) is 39.8 Å². The van der Waals surface area contributed by atoms with Crippen molar-refractivity contribution < 1.29 is 14.3 Å². The number of hydrogen-bond acceptors (Lipinski definition) is 7. The summed E-state index contributed by atoms with van der Waals surface area (Å²) < 4.78 is 11.1. The first-order valence-electron chi connectivity index (χ1n) is 9.59. The number of pyridine rings is 1. The number of nitrogens with one attached hydrogen (secondary N) is 3. The largest absolute Gasteiger partial charge is 0.492 e. The molecular formula is C23H20ClN5O3. The van der Waals surface area contributed by atoms with Gasteiger partial charge in [0.15, 0.2) is 0 Å². The van der Waals surface area contributed by atoms with E-state index in [4.69, 9.17) is 26.5 Å². The minimum absolute atomic E-state index is 0.0538. The molecule has 1 amide bonds. The van der Waals surface area contributed by atoms with E-state index >= 15 is 0 Å². The Kier molecular flexibility index (Phi) is 7.26. The number of anilines is 3. The molecule has 0 atom stereocenters. The zero-order chi connectivity index (χ0) is 23.1. The number of nitriles is 1. The molecule has 0 aliphatic heterocycles. The maximum Gasteiger partial charge on any atom is 0.211 e.